The number of nitrogens with one attached hydrogen (secondary N) is 1. The van der Waals surface area contributed by atoms with Gasteiger partial charge < -0.3 is 14.9 Å². The standard InChI is InChI=1S/C22H26BrN3O2/c1-3-28-22-18(23)11-16(12-20(22)27-2)21-17-14-26(10-9-19(17)24-25-21)13-15-7-5-4-6-8-15/h4-8,11-12,17,21,25H,3,9-10,13-14H2,1-2H3. The Labute approximate surface area is 174 Å². The van der Waals surface area contributed by atoms with Crippen LogP contribution < -0.4 is 14.9 Å². The van der Waals surface area contributed by atoms with Gasteiger partial charge in [0.2, 0.25) is 0 Å². The number of methoxy groups -OCH3 is 1. The normalized spacial score (nSPS) is 21.6. The van der Waals surface area contributed by atoms with Gasteiger partial charge in [0.05, 0.1) is 24.2 Å². The number of rotatable bonds is 6. The summed E-state index contributed by atoms with van der Waals surface area (Å²) < 4.78 is 12.2. The first-order valence-electron chi connectivity index (χ1n) is 9.78. The Kier molecular flexibility index (Phi) is 5.87. The largest absolute Gasteiger partial charge is 0.493 e. The van der Waals surface area contributed by atoms with Gasteiger partial charge in [0, 0.05) is 37.7 Å². The minimum Gasteiger partial charge on any atom is -0.493 e. The van der Waals surface area contributed by atoms with E-state index in [0.29, 0.717) is 12.5 Å². The van der Waals surface area contributed by atoms with E-state index in [1.165, 1.54) is 11.3 Å². The summed E-state index contributed by atoms with van der Waals surface area (Å²) in [4.78, 5) is 2.53. The molecule has 0 saturated carbocycles. The summed E-state index contributed by atoms with van der Waals surface area (Å²) in [6.07, 6.45) is 1.01. The monoisotopic (exact) mass is 443 g/mol. The summed E-state index contributed by atoms with van der Waals surface area (Å²) in [6.45, 7) is 5.60. The fourth-order valence-electron chi connectivity index (χ4n) is 4.11. The van der Waals surface area contributed by atoms with Gasteiger partial charge in [0.15, 0.2) is 11.5 Å². The van der Waals surface area contributed by atoms with Crippen LogP contribution in [0.5, 0.6) is 11.5 Å². The Morgan fingerprint density at radius 2 is 2.07 bits per heavy atom. The van der Waals surface area contributed by atoms with E-state index in [2.05, 4.69) is 73.8 Å². The van der Waals surface area contributed by atoms with Gasteiger partial charge in [-0.1, -0.05) is 30.3 Å². The highest BCUT2D eigenvalue weighted by atomic mass is 79.9. The Morgan fingerprint density at radius 1 is 1.25 bits per heavy atom. The highest BCUT2D eigenvalue weighted by molar-refractivity contribution is 9.10. The molecule has 2 heterocycles. The molecule has 2 aromatic carbocycles. The summed E-state index contributed by atoms with van der Waals surface area (Å²) >= 11 is 3.65. The smallest absolute Gasteiger partial charge is 0.175 e. The molecule has 0 bridgehead atoms. The Hall–Kier alpha value is -2.05. The zero-order chi connectivity index (χ0) is 19.5. The van der Waals surface area contributed by atoms with Gasteiger partial charge in [-0.15, -0.1) is 0 Å². The molecule has 1 saturated heterocycles. The lowest BCUT2D eigenvalue weighted by Crippen LogP contribution is -2.41. The van der Waals surface area contributed by atoms with E-state index in [0.717, 1.165) is 47.6 Å². The molecule has 1 N–H and O–H groups in total. The Balaban J connectivity index is 1.54. The van der Waals surface area contributed by atoms with Crippen molar-refractivity contribution in [2.24, 2.45) is 11.0 Å². The molecule has 2 aliphatic rings. The molecular formula is C22H26BrN3O2. The van der Waals surface area contributed by atoms with Gasteiger partial charge in [0.1, 0.15) is 0 Å². The van der Waals surface area contributed by atoms with Gasteiger partial charge in [0.25, 0.3) is 0 Å². The van der Waals surface area contributed by atoms with Crippen LogP contribution in [0.3, 0.4) is 0 Å². The molecule has 1 fully saturated rings. The molecule has 28 heavy (non-hydrogen) atoms. The Bertz CT molecular complexity index is 856. The van der Waals surface area contributed by atoms with E-state index in [4.69, 9.17) is 9.47 Å². The Morgan fingerprint density at radius 3 is 2.82 bits per heavy atom. The molecule has 2 atom stereocenters. The first-order chi connectivity index (χ1) is 13.7. The summed E-state index contributed by atoms with van der Waals surface area (Å²) in [6, 6.07) is 15.0. The van der Waals surface area contributed by atoms with E-state index in [1.54, 1.807) is 7.11 Å². The number of fused-ring (bicyclic) bond motifs is 1. The van der Waals surface area contributed by atoms with Crippen LogP contribution in [0.15, 0.2) is 52.0 Å². The zero-order valence-electron chi connectivity index (χ0n) is 16.3. The van der Waals surface area contributed by atoms with E-state index in [1.807, 2.05) is 6.92 Å². The third kappa shape index (κ3) is 3.89. The van der Waals surface area contributed by atoms with Gasteiger partial charge in [-0.3, -0.25) is 4.90 Å². The first-order valence-corrected chi connectivity index (χ1v) is 10.6. The van der Waals surface area contributed by atoms with Crippen molar-refractivity contribution in [2.45, 2.75) is 25.9 Å². The van der Waals surface area contributed by atoms with E-state index in [-0.39, 0.29) is 6.04 Å². The van der Waals surface area contributed by atoms with Crippen LogP contribution in [0.4, 0.5) is 0 Å². The predicted molar refractivity (Wildman–Crippen MR) is 115 cm³/mol. The average Bonchev–Trinajstić information content (AvgIpc) is 3.13. The molecule has 2 aromatic rings. The van der Waals surface area contributed by atoms with Crippen LogP contribution in [0.25, 0.3) is 0 Å². The topological polar surface area (TPSA) is 46.1 Å². The molecular weight excluding hydrogens is 418 g/mol. The molecule has 148 valence electrons. The molecule has 0 amide bonds. The SMILES string of the molecule is CCOc1c(Br)cc(C2NN=C3CCN(Cc4ccccc4)CC32)cc1OC. The van der Waals surface area contributed by atoms with Crippen LogP contribution in [-0.2, 0) is 6.54 Å². The number of ether oxygens (including phenoxy) is 2. The minimum atomic E-state index is 0.148. The molecule has 5 nitrogen and oxygen atoms in total. The average molecular weight is 444 g/mol. The van der Waals surface area contributed by atoms with E-state index >= 15 is 0 Å². The quantitative estimate of drug-likeness (QED) is 0.719. The summed E-state index contributed by atoms with van der Waals surface area (Å²) in [5.74, 6) is 1.87. The molecule has 0 aromatic heterocycles. The van der Waals surface area contributed by atoms with Crippen LogP contribution >= 0.6 is 15.9 Å². The van der Waals surface area contributed by atoms with Crippen molar-refractivity contribution in [3.8, 4) is 11.5 Å². The highest BCUT2D eigenvalue weighted by Gasteiger charge is 2.37. The molecule has 2 aliphatic heterocycles. The second kappa shape index (κ2) is 8.53. The van der Waals surface area contributed by atoms with Crippen molar-refractivity contribution in [3.05, 3.63) is 58.1 Å². The maximum Gasteiger partial charge on any atom is 0.175 e. The highest BCUT2D eigenvalue weighted by Crippen LogP contribution is 2.41. The third-order valence-electron chi connectivity index (χ3n) is 5.47. The van der Waals surface area contributed by atoms with Crippen LogP contribution in [0.1, 0.15) is 30.5 Å². The van der Waals surface area contributed by atoms with Crippen molar-refractivity contribution in [1.29, 1.82) is 0 Å². The fourth-order valence-corrected chi connectivity index (χ4v) is 4.68. The van der Waals surface area contributed by atoms with E-state index < -0.39 is 0 Å². The van der Waals surface area contributed by atoms with Crippen LogP contribution in [0, 0.1) is 5.92 Å². The maximum absolute atomic E-state index is 5.74. The van der Waals surface area contributed by atoms with Gasteiger partial charge >= 0.3 is 0 Å². The summed E-state index contributed by atoms with van der Waals surface area (Å²) in [5.41, 5.74) is 7.17. The zero-order valence-corrected chi connectivity index (χ0v) is 17.9. The second-order valence-electron chi connectivity index (χ2n) is 7.25. The summed E-state index contributed by atoms with van der Waals surface area (Å²) in [5, 5.41) is 4.65. The molecule has 0 aliphatic carbocycles. The summed E-state index contributed by atoms with van der Waals surface area (Å²) in [7, 11) is 1.68. The number of benzene rings is 2. The van der Waals surface area contributed by atoms with Crippen LogP contribution in [-0.4, -0.2) is 37.4 Å². The number of piperidine rings is 1. The number of likely N-dealkylation sites (tertiary alicyclic amines) is 1. The number of hydrazone groups is 1. The number of hydrogen-bond donors (Lipinski definition) is 1. The fraction of sp³-hybridized carbons (Fsp3) is 0.409. The molecule has 0 spiro atoms. The van der Waals surface area contributed by atoms with E-state index in [9.17, 15) is 0 Å². The van der Waals surface area contributed by atoms with Crippen molar-refractivity contribution in [1.82, 2.24) is 10.3 Å². The maximum atomic E-state index is 5.74. The van der Waals surface area contributed by atoms with Gasteiger partial charge in [-0.2, -0.15) is 5.10 Å². The lowest BCUT2D eigenvalue weighted by Gasteiger charge is -2.33. The lowest BCUT2D eigenvalue weighted by atomic mass is 9.86. The minimum absolute atomic E-state index is 0.148. The molecule has 0 radical (unpaired) electrons. The van der Waals surface area contributed by atoms with Crippen LogP contribution in [0.2, 0.25) is 0 Å². The third-order valence-corrected chi connectivity index (χ3v) is 6.05. The number of nitrogens with zero attached hydrogens (tertiary/aromatic N) is 2. The molecule has 2 unspecified atom stereocenters. The first kappa shape index (κ1) is 19.3. The second-order valence-corrected chi connectivity index (χ2v) is 8.11. The molecule has 6 heteroatoms. The van der Waals surface area contributed by atoms with Crippen molar-refractivity contribution in [3.63, 3.8) is 0 Å². The van der Waals surface area contributed by atoms with Gasteiger partial charge in [-0.25, -0.2) is 0 Å². The lowest BCUT2D eigenvalue weighted by molar-refractivity contribution is 0.220. The predicted octanol–water partition coefficient (Wildman–Crippen LogP) is 4.38. The number of halogens is 1. The van der Waals surface area contributed by atoms with Crippen molar-refractivity contribution >= 4 is 21.6 Å². The van der Waals surface area contributed by atoms with Crippen molar-refractivity contribution < 1.29 is 9.47 Å². The van der Waals surface area contributed by atoms with Gasteiger partial charge in [-0.05, 0) is 46.1 Å². The number of hydrogen-bond acceptors (Lipinski definition) is 5. The van der Waals surface area contributed by atoms with Crippen molar-refractivity contribution in [2.75, 3.05) is 26.8 Å². The molecule has 4 rings (SSSR count).